The van der Waals surface area contributed by atoms with Crippen molar-refractivity contribution in [2.75, 3.05) is 16.8 Å². The van der Waals surface area contributed by atoms with Crippen LogP contribution in [0.25, 0.3) is 0 Å². The van der Waals surface area contributed by atoms with Crippen molar-refractivity contribution in [3.63, 3.8) is 0 Å². The highest BCUT2D eigenvalue weighted by Crippen LogP contribution is 2.26. The van der Waals surface area contributed by atoms with Gasteiger partial charge >= 0.3 is 6.03 Å². The lowest BCUT2D eigenvalue weighted by atomic mass is 10.2. The molecule has 1 N–H and O–H groups in total. The predicted molar refractivity (Wildman–Crippen MR) is 108 cm³/mol. The number of hydrogen-bond donors (Lipinski definition) is 1. The van der Waals surface area contributed by atoms with Gasteiger partial charge in [0.05, 0.1) is 0 Å². The third-order valence-corrected chi connectivity index (χ3v) is 4.84. The first-order chi connectivity index (χ1) is 12.4. The van der Waals surface area contributed by atoms with Gasteiger partial charge in [0.15, 0.2) is 0 Å². The van der Waals surface area contributed by atoms with Gasteiger partial charge in [-0.15, -0.1) is 0 Å². The van der Waals surface area contributed by atoms with E-state index in [4.69, 9.17) is 0 Å². The summed E-state index contributed by atoms with van der Waals surface area (Å²) in [6, 6.07) is 13.5. The van der Waals surface area contributed by atoms with Crippen LogP contribution in [-0.2, 0) is 9.59 Å². The van der Waals surface area contributed by atoms with E-state index in [2.05, 4.69) is 27.9 Å². The quantitative estimate of drug-likeness (QED) is 0.559. The molecule has 0 aromatic heterocycles. The fraction of sp³-hybridized carbons (Fsp3) is 0.211. The Morgan fingerprint density at radius 1 is 1.15 bits per heavy atom. The molecule has 1 saturated heterocycles. The van der Waals surface area contributed by atoms with E-state index in [1.807, 2.05) is 37.3 Å². The summed E-state index contributed by atoms with van der Waals surface area (Å²) < 4.78 is 0.980. The van der Waals surface area contributed by atoms with E-state index in [0.717, 1.165) is 14.0 Å². The van der Waals surface area contributed by atoms with Crippen LogP contribution in [0.5, 0.6) is 0 Å². The average molecular weight is 463 g/mol. The van der Waals surface area contributed by atoms with E-state index in [0.29, 0.717) is 11.4 Å². The van der Waals surface area contributed by atoms with Crippen molar-refractivity contribution in [1.82, 2.24) is 4.90 Å². The van der Waals surface area contributed by atoms with Crippen molar-refractivity contribution in [1.29, 1.82) is 0 Å². The van der Waals surface area contributed by atoms with Crippen molar-refractivity contribution in [2.24, 2.45) is 0 Å². The number of rotatable bonds is 4. The van der Waals surface area contributed by atoms with Crippen LogP contribution < -0.4 is 10.2 Å². The van der Waals surface area contributed by atoms with Crippen molar-refractivity contribution in [3.8, 4) is 0 Å². The van der Waals surface area contributed by atoms with Crippen LogP contribution in [0.3, 0.4) is 0 Å². The standard InChI is InChI=1S/C19H18IN3O3/c1-12-6-8-16(9-7-12)23-13(2)18(25)22(19(23)26)11-17(24)21-15-5-3-4-14(20)10-15/h3-10,13H,11H2,1-2H3,(H,21,24). The Labute approximate surface area is 165 Å². The number of nitrogens with one attached hydrogen (secondary N) is 1. The lowest BCUT2D eigenvalue weighted by Gasteiger charge is -2.19. The minimum Gasteiger partial charge on any atom is -0.324 e. The molecule has 2 aromatic carbocycles. The van der Waals surface area contributed by atoms with Gasteiger partial charge in [0.25, 0.3) is 5.91 Å². The lowest BCUT2D eigenvalue weighted by molar-refractivity contribution is -0.130. The van der Waals surface area contributed by atoms with Crippen molar-refractivity contribution in [3.05, 3.63) is 57.7 Å². The maximum Gasteiger partial charge on any atom is 0.332 e. The monoisotopic (exact) mass is 463 g/mol. The Bertz CT molecular complexity index is 867. The van der Waals surface area contributed by atoms with Crippen LogP contribution in [0, 0.1) is 10.5 Å². The number of urea groups is 1. The van der Waals surface area contributed by atoms with Gasteiger partial charge in [-0.2, -0.15) is 0 Å². The highest BCUT2D eigenvalue weighted by Gasteiger charge is 2.43. The molecule has 6 nitrogen and oxygen atoms in total. The van der Waals surface area contributed by atoms with Crippen LogP contribution in [-0.4, -0.2) is 35.3 Å². The summed E-state index contributed by atoms with van der Waals surface area (Å²) in [5.74, 6) is -0.792. The van der Waals surface area contributed by atoms with Crippen LogP contribution >= 0.6 is 22.6 Å². The molecule has 1 atom stereocenters. The van der Waals surface area contributed by atoms with Gasteiger partial charge < -0.3 is 5.32 Å². The Hall–Kier alpha value is -2.42. The topological polar surface area (TPSA) is 69.7 Å². The van der Waals surface area contributed by atoms with Crippen molar-refractivity contribution < 1.29 is 14.4 Å². The minimum absolute atomic E-state index is 0.310. The molecule has 1 fully saturated rings. The first-order valence-electron chi connectivity index (χ1n) is 8.13. The Balaban J connectivity index is 1.74. The number of amides is 4. The van der Waals surface area contributed by atoms with Gasteiger partial charge in [0.2, 0.25) is 5.91 Å². The Kier molecular flexibility index (Phi) is 5.26. The zero-order valence-corrected chi connectivity index (χ0v) is 16.6. The van der Waals surface area contributed by atoms with Gasteiger partial charge in [-0.3, -0.25) is 19.4 Å². The first-order valence-corrected chi connectivity index (χ1v) is 9.21. The molecule has 0 bridgehead atoms. The Morgan fingerprint density at radius 2 is 1.85 bits per heavy atom. The number of anilines is 2. The number of imide groups is 1. The van der Waals surface area contributed by atoms with E-state index >= 15 is 0 Å². The summed E-state index contributed by atoms with van der Waals surface area (Å²) in [6.07, 6.45) is 0. The maximum absolute atomic E-state index is 12.7. The first kappa shape index (κ1) is 18.4. The molecule has 134 valence electrons. The largest absolute Gasteiger partial charge is 0.332 e. The summed E-state index contributed by atoms with van der Waals surface area (Å²) in [7, 11) is 0. The summed E-state index contributed by atoms with van der Waals surface area (Å²) in [5.41, 5.74) is 2.33. The molecule has 4 amide bonds. The molecule has 0 spiro atoms. The molecule has 2 aromatic rings. The van der Waals surface area contributed by atoms with Crippen molar-refractivity contribution in [2.45, 2.75) is 19.9 Å². The van der Waals surface area contributed by atoms with Crippen LogP contribution in [0.2, 0.25) is 0 Å². The number of nitrogens with zero attached hydrogens (tertiary/aromatic N) is 2. The van der Waals surface area contributed by atoms with E-state index < -0.39 is 18.0 Å². The second-order valence-electron chi connectivity index (χ2n) is 6.15. The van der Waals surface area contributed by atoms with E-state index in [1.54, 1.807) is 25.1 Å². The third kappa shape index (κ3) is 3.72. The molecule has 1 aliphatic rings. The number of carbonyl (C=O) groups is 3. The van der Waals surface area contributed by atoms with Gasteiger partial charge in [0, 0.05) is 14.9 Å². The van der Waals surface area contributed by atoms with Gasteiger partial charge in [-0.1, -0.05) is 23.8 Å². The molecule has 26 heavy (non-hydrogen) atoms. The number of halogens is 1. The zero-order valence-electron chi connectivity index (χ0n) is 14.4. The molecule has 0 aliphatic carbocycles. The second-order valence-corrected chi connectivity index (χ2v) is 7.39. The number of carbonyl (C=O) groups excluding carboxylic acids is 3. The van der Waals surface area contributed by atoms with E-state index in [-0.39, 0.29) is 12.5 Å². The van der Waals surface area contributed by atoms with E-state index in [9.17, 15) is 14.4 Å². The Morgan fingerprint density at radius 3 is 2.50 bits per heavy atom. The van der Waals surface area contributed by atoms with Gasteiger partial charge in [-0.25, -0.2) is 4.79 Å². The maximum atomic E-state index is 12.7. The molecule has 1 aliphatic heterocycles. The summed E-state index contributed by atoms with van der Waals surface area (Å²) in [4.78, 5) is 39.9. The predicted octanol–water partition coefficient (Wildman–Crippen LogP) is 3.40. The molecule has 0 saturated carbocycles. The molecule has 1 unspecified atom stereocenters. The average Bonchev–Trinajstić information content (AvgIpc) is 2.80. The molecule has 3 rings (SSSR count). The number of hydrogen-bond acceptors (Lipinski definition) is 3. The van der Waals surface area contributed by atoms with Crippen molar-refractivity contribution >= 4 is 51.8 Å². The highest BCUT2D eigenvalue weighted by atomic mass is 127. The fourth-order valence-corrected chi connectivity index (χ4v) is 3.36. The lowest BCUT2D eigenvalue weighted by Crippen LogP contribution is -2.39. The summed E-state index contributed by atoms with van der Waals surface area (Å²) in [5, 5.41) is 2.72. The zero-order chi connectivity index (χ0) is 18.8. The fourth-order valence-electron chi connectivity index (χ4n) is 2.82. The number of aryl methyl sites for hydroxylation is 1. The van der Waals surface area contributed by atoms with Crippen LogP contribution in [0.1, 0.15) is 12.5 Å². The van der Waals surface area contributed by atoms with Gasteiger partial charge in [-0.05, 0) is 66.8 Å². The molecule has 0 radical (unpaired) electrons. The highest BCUT2D eigenvalue weighted by molar-refractivity contribution is 14.1. The normalized spacial score (nSPS) is 17.0. The smallest absolute Gasteiger partial charge is 0.324 e. The summed E-state index contributed by atoms with van der Waals surface area (Å²) >= 11 is 2.15. The molecular formula is C19H18IN3O3. The minimum atomic E-state index is -0.643. The third-order valence-electron chi connectivity index (χ3n) is 4.17. The van der Waals surface area contributed by atoms with Crippen LogP contribution in [0.15, 0.2) is 48.5 Å². The molecule has 7 heteroatoms. The molecule has 1 heterocycles. The SMILES string of the molecule is Cc1ccc(N2C(=O)N(CC(=O)Nc3cccc(I)c3)C(=O)C2C)cc1. The summed E-state index contributed by atoms with van der Waals surface area (Å²) in [6.45, 7) is 3.30. The molecular weight excluding hydrogens is 445 g/mol. The second kappa shape index (κ2) is 7.45. The van der Waals surface area contributed by atoms with Crippen LogP contribution in [0.4, 0.5) is 16.2 Å². The van der Waals surface area contributed by atoms with E-state index in [1.165, 1.54) is 4.90 Å². The number of benzene rings is 2. The van der Waals surface area contributed by atoms with Gasteiger partial charge in [0.1, 0.15) is 12.6 Å².